The number of piperidine rings is 1. The van der Waals surface area contributed by atoms with Crippen LogP contribution >= 0.6 is 0 Å². The zero-order chi connectivity index (χ0) is 24.3. The number of ether oxygens (including phenoxy) is 1. The molecule has 1 aromatic carbocycles. The van der Waals surface area contributed by atoms with Gasteiger partial charge in [0.25, 0.3) is 11.9 Å². The van der Waals surface area contributed by atoms with E-state index in [0.717, 1.165) is 30.4 Å². The average Bonchev–Trinajstić information content (AvgIpc) is 3.26. The highest BCUT2D eigenvalue weighted by atomic mass is 19.4. The number of fused-ring (bicyclic) bond motifs is 1. The molecule has 2 aliphatic rings. The molecule has 0 unspecified atom stereocenters. The van der Waals surface area contributed by atoms with Crippen LogP contribution in [0.2, 0.25) is 0 Å². The number of nitrogens with zero attached hydrogens (tertiary/aromatic N) is 3. The summed E-state index contributed by atoms with van der Waals surface area (Å²) in [4.78, 5) is 31.7. The van der Waals surface area contributed by atoms with Gasteiger partial charge in [0.1, 0.15) is 0 Å². The van der Waals surface area contributed by atoms with Crippen LogP contribution in [0.5, 0.6) is 0 Å². The Hall–Kier alpha value is -3.08. The molecular weight excluding hydrogens is 453 g/mol. The van der Waals surface area contributed by atoms with E-state index < -0.39 is 23.5 Å². The Labute approximate surface area is 195 Å². The lowest BCUT2D eigenvalue weighted by Gasteiger charge is -2.28. The largest absolute Gasteiger partial charge is 0.465 e. The molecular formula is C23H27F3N4O4. The molecule has 2 aromatic rings. The number of oxazole rings is 1. The minimum atomic E-state index is -4.82. The number of carbonyl (C=O) groups is 2. The Morgan fingerprint density at radius 3 is 2.62 bits per heavy atom. The topological polar surface area (TPSA) is 87.9 Å². The summed E-state index contributed by atoms with van der Waals surface area (Å²) in [6.07, 6.45) is -1.53. The van der Waals surface area contributed by atoms with Gasteiger partial charge in [-0.25, -0.2) is 0 Å². The van der Waals surface area contributed by atoms with Gasteiger partial charge < -0.3 is 19.4 Å². The van der Waals surface area contributed by atoms with E-state index in [2.05, 4.69) is 10.3 Å². The molecule has 1 saturated heterocycles. The highest BCUT2D eigenvalue weighted by molar-refractivity contribution is 6.03. The van der Waals surface area contributed by atoms with E-state index in [-0.39, 0.29) is 18.5 Å². The van der Waals surface area contributed by atoms with Gasteiger partial charge in [-0.05, 0) is 55.9 Å². The first-order valence-corrected chi connectivity index (χ1v) is 11.4. The van der Waals surface area contributed by atoms with E-state index in [1.807, 2.05) is 4.90 Å². The first-order valence-electron chi connectivity index (χ1n) is 11.4. The zero-order valence-corrected chi connectivity index (χ0v) is 18.9. The molecule has 1 amide bonds. The zero-order valence-electron chi connectivity index (χ0n) is 18.9. The molecule has 4 rings (SSSR count). The van der Waals surface area contributed by atoms with E-state index in [4.69, 9.17) is 9.15 Å². The molecule has 1 fully saturated rings. The fourth-order valence-electron chi connectivity index (χ4n) is 4.28. The molecule has 0 aliphatic carbocycles. The molecule has 11 heteroatoms. The Kier molecular flexibility index (Phi) is 7.11. The minimum Gasteiger partial charge on any atom is -0.465 e. The Morgan fingerprint density at radius 2 is 1.91 bits per heavy atom. The number of aromatic nitrogens is 1. The SMILES string of the molecule is CCOC(=O)CN1CCc2cc(NC(=O)c3oc(N4CCCCC4)nc3C(F)(F)F)ccc2C1. The van der Waals surface area contributed by atoms with Crippen LogP contribution in [0, 0.1) is 0 Å². The van der Waals surface area contributed by atoms with Crippen LogP contribution in [0.15, 0.2) is 22.6 Å². The van der Waals surface area contributed by atoms with Crippen molar-refractivity contribution in [3.05, 3.63) is 40.8 Å². The number of hydrogen-bond donors (Lipinski definition) is 1. The molecule has 1 N–H and O–H groups in total. The Bertz CT molecular complexity index is 1050. The van der Waals surface area contributed by atoms with Crippen molar-refractivity contribution in [3.63, 3.8) is 0 Å². The predicted octanol–water partition coefficient (Wildman–Crippen LogP) is 3.86. The van der Waals surface area contributed by atoms with Crippen LogP contribution in [0.4, 0.5) is 24.9 Å². The smallest absolute Gasteiger partial charge is 0.437 e. The molecule has 0 spiro atoms. The monoisotopic (exact) mass is 480 g/mol. The van der Waals surface area contributed by atoms with E-state index in [9.17, 15) is 22.8 Å². The third kappa shape index (κ3) is 5.52. The van der Waals surface area contributed by atoms with Crippen molar-refractivity contribution in [1.29, 1.82) is 0 Å². The van der Waals surface area contributed by atoms with Crippen LogP contribution in [0.1, 0.15) is 53.6 Å². The summed E-state index contributed by atoms with van der Waals surface area (Å²) >= 11 is 0. The normalized spacial score (nSPS) is 16.8. The highest BCUT2D eigenvalue weighted by Crippen LogP contribution is 2.35. The van der Waals surface area contributed by atoms with Crippen LogP contribution in [-0.4, -0.2) is 54.5 Å². The van der Waals surface area contributed by atoms with Crippen LogP contribution < -0.4 is 10.2 Å². The van der Waals surface area contributed by atoms with Crippen LogP contribution in [0.25, 0.3) is 0 Å². The van der Waals surface area contributed by atoms with Gasteiger partial charge in [-0.1, -0.05) is 6.07 Å². The average molecular weight is 480 g/mol. The number of nitrogens with one attached hydrogen (secondary N) is 1. The van der Waals surface area contributed by atoms with Gasteiger partial charge in [-0.3, -0.25) is 14.5 Å². The highest BCUT2D eigenvalue weighted by Gasteiger charge is 2.42. The third-order valence-electron chi connectivity index (χ3n) is 5.93. The van der Waals surface area contributed by atoms with Crippen molar-refractivity contribution in [2.24, 2.45) is 0 Å². The molecule has 3 heterocycles. The molecule has 0 bridgehead atoms. The lowest BCUT2D eigenvalue weighted by molar-refractivity contribution is -0.144. The van der Waals surface area contributed by atoms with Crippen molar-refractivity contribution in [1.82, 2.24) is 9.88 Å². The number of benzene rings is 1. The molecule has 8 nitrogen and oxygen atoms in total. The van der Waals surface area contributed by atoms with Crippen molar-refractivity contribution in [2.75, 3.05) is 43.0 Å². The van der Waals surface area contributed by atoms with Crippen LogP contribution in [-0.2, 0) is 28.7 Å². The first-order chi connectivity index (χ1) is 16.2. The van der Waals surface area contributed by atoms with E-state index in [1.165, 1.54) is 0 Å². The Balaban J connectivity index is 1.48. The van der Waals surface area contributed by atoms with Gasteiger partial charge in [-0.15, -0.1) is 0 Å². The maximum atomic E-state index is 13.6. The standard InChI is InChI=1S/C23H27F3N4O4/c1-2-33-18(31)14-29-11-8-15-12-17(7-6-16(15)13-29)27-21(32)19-20(23(24,25)26)28-22(34-19)30-9-4-3-5-10-30/h6-7,12H,2-5,8-11,13-14H2,1H3,(H,27,32). The molecule has 0 radical (unpaired) electrons. The number of hydrogen-bond acceptors (Lipinski definition) is 7. The van der Waals surface area contributed by atoms with Crippen molar-refractivity contribution in [3.8, 4) is 0 Å². The van der Waals surface area contributed by atoms with Gasteiger partial charge in [0.15, 0.2) is 5.69 Å². The van der Waals surface area contributed by atoms with Gasteiger partial charge in [0, 0.05) is 31.9 Å². The quantitative estimate of drug-likeness (QED) is 0.629. The predicted molar refractivity (Wildman–Crippen MR) is 118 cm³/mol. The fraction of sp³-hybridized carbons (Fsp3) is 0.522. The summed E-state index contributed by atoms with van der Waals surface area (Å²) in [5, 5.41) is 2.52. The summed E-state index contributed by atoms with van der Waals surface area (Å²) in [5.41, 5.74) is 0.988. The van der Waals surface area contributed by atoms with E-state index in [0.29, 0.717) is 44.9 Å². The summed E-state index contributed by atoms with van der Waals surface area (Å²) in [6, 6.07) is 4.99. The van der Waals surface area contributed by atoms with E-state index >= 15 is 0 Å². The van der Waals surface area contributed by atoms with Crippen LogP contribution in [0.3, 0.4) is 0 Å². The number of carbonyl (C=O) groups excluding carboxylic acids is 2. The van der Waals surface area contributed by atoms with Gasteiger partial charge in [0.2, 0.25) is 5.76 Å². The number of esters is 1. The molecule has 2 aliphatic heterocycles. The summed E-state index contributed by atoms with van der Waals surface area (Å²) in [5.74, 6) is -2.12. The maximum Gasteiger partial charge on any atom is 0.437 e. The number of alkyl halides is 3. The lowest BCUT2D eigenvalue weighted by atomic mass is 9.99. The molecule has 184 valence electrons. The third-order valence-corrected chi connectivity index (χ3v) is 5.93. The minimum absolute atomic E-state index is 0.177. The van der Waals surface area contributed by atoms with E-state index in [1.54, 1.807) is 30.0 Å². The maximum absolute atomic E-state index is 13.6. The van der Waals surface area contributed by atoms with Gasteiger partial charge in [0.05, 0.1) is 13.2 Å². The lowest BCUT2D eigenvalue weighted by Crippen LogP contribution is -2.35. The van der Waals surface area contributed by atoms with Crippen molar-refractivity contribution < 1.29 is 31.9 Å². The number of amides is 1. The van der Waals surface area contributed by atoms with Crippen molar-refractivity contribution in [2.45, 2.75) is 45.3 Å². The number of halogens is 3. The second-order valence-corrected chi connectivity index (χ2v) is 8.42. The summed E-state index contributed by atoms with van der Waals surface area (Å²) < 4.78 is 51.0. The summed E-state index contributed by atoms with van der Waals surface area (Å²) in [7, 11) is 0. The van der Waals surface area contributed by atoms with Gasteiger partial charge in [-0.2, -0.15) is 18.2 Å². The molecule has 0 atom stereocenters. The van der Waals surface area contributed by atoms with Crippen molar-refractivity contribution >= 4 is 23.6 Å². The van der Waals surface area contributed by atoms with Gasteiger partial charge >= 0.3 is 12.1 Å². The summed E-state index contributed by atoms with van der Waals surface area (Å²) in [6.45, 7) is 4.52. The molecule has 0 saturated carbocycles. The first kappa shape index (κ1) is 24.1. The Morgan fingerprint density at radius 1 is 1.15 bits per heavy atom. The molecule has 34 heavy (non-hydrogen) atoms. The second-order valence-electron chi connectivity index (χ2n) is 8.42. The second kappa shape index (κ2) is 10.0. The number of rotatable bonds is 6. The number of anilines is 2. The fourth-order valence-corrected chi connectivity index (χ4v) is 4.28. The molecule has 1 aromatic heterocycles.